The van der Waals surface area contributed by atoms with Crippen LogP contribution in [0.1, 0.15) is 16.7 Å². The lowest BCUT2D eigenvalue weighted by Crippen LogP contribution is -2.10. The standard InChI is InChI=1S/C15H10F6N2/c1-9-2-4-12(5-3-9)22-23-13-7-10(14(16,17)18)6-11(8-13)15(19,20)21/h2-8H,1H3. The first-order valence-corrected chi connectivity index (χ1v) is 6.33. The van der Waals surface area contributed by atoms with Crippen LogP contribution in [-0.2, 0) is 12.4 Å². The first-order chi connectivity index (χ1) is 10.6. The zero-order chi connectivity index (χ0) is 17.3. The van der Waals surface area contributed by atoms with Crippen LogP contribution in [0.15, 0.2) is 52.7 Å². The van der Waals surface area contributed by atoms with Crippen LogP contribution in [0.3, 0.4) is 0 Å². The molecule has 0 amide bonds. The second kappa shape index (κ2) is 6.02. The summed E-state index contributed by atoms with van der Waals surface area (Å²) in [5.74, 6) is 0. The Bertz CT molecular complexity index is 682. The summed E-state index contributed by atoms with van der Waals surface area (Å²) < 4.78 is 76.2. The van der Waals surface area contributed by atoms with Crippen molar-refractivity contribution in [1.29, 1.82) is 0 Å². The van der Waals surface area contributed by atoms with Crippen molar-refractivity contribution in [3.63, 3.8) is 0 Å². The minimum atomic E-state index is -4.91. The van der Waals surface area contributed by atoms with Crippen molar-refractivity contribution >= 4 is 11.4 Å². The van der Waals surface area contributed by atoms with Gasteiger partial charge in [0.1, 0.15) is 0 Å². The molecule has 2 aromatic rings. The quantitative estimate of drug-likeness (QED) is 0.446. The molecule has 0 fully saturated rings. The predicted octanol–water partition coefficient (Wildman–Crippen LogP) is 6.45. The highest BCUT2D eigenvalue weighted by Crippen LogP contribution is 2.38. The summed E-state index contributed by atoms with van der Waals surface area (Å²) in [5, 5.41) is 7.13. The topological polar surface area (TPSA) is 24.7 Å². The number of azo groups is 1. The van der Waals surface area contributed by atoms with Gasteiger partial charge in [0.2, 0.25) is 0 Å². The number of hydrogen-bond donors (Lipinski definition) is 0. The van der Waals surface area contributed by atoms with Crippen LogP contribution in [0.2, 0.25) is 0 Å². The molecule has 0 unspecified atom stereocenters. The Morgan fingerprint density at radius 1 is 0.652 bits per heavy atom. The van der Waals surface area contributed by atoms with E-state index in [0.29, 0.717) is 17.8 Å². The van der Waals surface area contributed by atoms with Crippen LogP contribution in [-0.4, -0.2) is 0 Å². The third-order valence-corrected chi connectivity index (χ3v) is 2.89. The van der Waals surface area contributed by atoms with Gasteiger partial charge in [-0.05, 0) is 37.3 Å². The zero-order valence-corrected chi connectivity index (χ0v) is 11.7. The Labute approximate surface area is 127 Å². The Morgan fingerprint density at radius 3 is 1.52 bits per heavy atom. The molecule has 0 heterocycles. The fourth-order valence-corrected chi connectivity index (χ4v) is 1.72. The van der Waals surface area contributed by atoms with E-state index >= 15 is 0 Å². The summed E-state index contributed by atoms with van der Waals surface area (Å²) in [6.07, 6.45) is -9.81. The molecule has 0 radical (unpaired) electrons. The summed E-state index contributed by atoms with van der Waals surface area (Å²) in [7, 11) is 0. The van der Waals surface area contributed by atoms with E-state index in [1.807, 2.05) is 6.92 Å². The van der Waals surface area contributed by atoms with Crippen molar-refractivity contribution in [1.82, 2.24) is 0 Å². The number of benzene rings is 2. The molecular weight excluding hydrogens is 322 g/mol. The van der Waals surface area contributed by atoms with Gasteiger partial charge in [0.15, 0.2) is 0 Å². The molecule has 0 aliphatic heterocycles. The number of hydrogen-bond acceptors (Lipinski definition) is 2. The SMILES string of the molecule is Cc1ccc(N=Nc2cc(C(F)(F)F)cc(C(F)(F)F)c2)cc1. The highest BCUT2D eigenvalue weighted by atomic mass is 19.4. The summed E-state index contributed by atoms with van der Waals surface area (Å²) in [5.41, 5.74) is -2.12. The number of aryl methyl sites for hydroxylation is 1. The van der Waals surface area contributed by atoms with Gasteiger partial charge in [-0.1, -0.05) is 17.7 Å². The summed E-state index contributed by atoms with van der Waals surface area (Å²) in [6, 6.07) is 7.59. The fraction of sp³-hybridized carbons (Fsp3) is 0.200. The maximum Gasteiger partial charge on any atom is 0.416 e. The van der Waals surface area contributed by atoms with Gasteiger partial charge in [0.25, 0.3) is 0 Å². The first-order valence-electron chi connectivity index (χ1n) is 6.33. The van der Waals surface area contributed by atoms with E-state index in [1.54, 1.807) is 24.3 Å². The predicted molar refractivity (Wildman–Crippen MR) is 71.8 cm³/mol. The van der Waals surface area contributed by atoms with E-state index in [-0.39, 0.29) is 6.07 Å². The van der Waals surface area contributed by atoms with E-state index in [4.69, 9.17) is 0 Å². The van der Waals surface area contributed by atoms with Gasteiger partial charge in [-0.25, -0.2) is 0 Å². The van der Waals surface area contributed by atoms with E-state index in [0.717, 1.165) is 5.56 Å². The van der Waals surface area contributed by atoms with Gasteiger partial charge >= 0.3 is 12.4 Å². The highest BCUT2D eigenvalue weighted by molar-refractivity contribution is 5.47. The summed E-state index contributed by atoms with van der Waals surface area (Å²) in [6.45, 7) is 1.82. The Kier molecular flexibility index (Phi) is 4.44. The number of nitrogens with zero attached hydrogens (tertiary/aromatic N) is 2. The van der Waals surface area contributed by atoms with E-state index in [2.05, 4.69) is 10.2 Å². The van der Waals surface area contributed by atoms with Crippen molar-refractivity contribution in [3.05, 3.63) is 59.2 Å². The van der Waals surface area contributed by atoms with Crippen LogP contribution in [0.25, 0.3) is 0 Å². The van der Waals surface area contributed by atoms with E-state index in [1.165, 1.54) is 0 Å². The number of halogens is 6. The lowest BCUT2D eigenvalue weighted by atomic mass is 10.1. The monoisotopic (exact) mass is 332 g/mol. The van der Waals surface area contributed by atoms with Crippen LogP contribution in [0.5, 0.6) is 0 Å². The molecule has 2 aromatic carbocycles. The van der Waals surface area contributed by atoms with Crippen molar-refractivity contribution in [3.8, 4) is 0 Å². The van der Waals surface area contributed by atoms with E-state index < -0.39 is 29.2 Å². The average molecular weight is 332 g/mol. The van der Waals surface area contributed by atoms with Gasteiger partial charge < -0.3 is 0 Å². The van der Waals surface area contributed by atoms with Crippen molar-refractivity contribution in [2.24, 2.45) is 10.2 Å². The maximum absolute atomic E-state index is 12.7. The van der Waals surface area contributed by atoms with Crippen molar-refractivity contribution in [2.45, 2.75) is 19.3 Å². The second-order valence-electron chi connectivity index (χ2n) is 4.80. The summed E-state index contributed by atoms with van der Waals surface area (Å²) in [4.78, 5) is 0. The third-order valence-electron chi connectivity index (χ3n) is 2.89. The number of rotatable bonds is 2. The first kappa shape index (κ1) is 17.0. The van der Waals surface area contributed by atoms with Gasteiger partial charge in [0, 0.05) is 0 Å². The lowest BCUT2D eigenvalue weighted by Gasteiger charge is -2.12. The van der Waals surface area contributed by atoms with E-state index in [9.17, 15) is 26.3 Å². The highest BCUT2D eigenvalue weighted by Gasteiger charge is 2.36. The molecule has 0 aliphatic carbocycles. The summed E-state index contributed by atoms with van der Waals surface area (Å²) >= 11 is 0. The minimum absolute atomic E-state index is 0.0465. The lowest BCUT2D eigenvalue weighted by molar-refractivity contribution is -0.143. The Hall–Kier alpha value is -2.38. The van der Waals surface area contributed by atoms with Crippen molar-refractivity contribution < 1.29 is 26.3 Å². The van der Waals surface area contributed by atoms with Crippen molar-refractivity contribution in [2.75, 3.05) is 0 Å². The van der Waals surface area contributed by atoms with Gasteiger partial charge in [-0.2, -0.15) is 36.6 Å². The molecule has 2 nitrogen and oxygen atoms in total. The molecule has 0 aliphatic rings. The molecule has 0 bridgehead atoms. The molecule has 122 valence electrons. The molecule has 0 saturated heterocycles. The molecule has 0 aromatic heterocycles. The Balaban J connectivity index is 2.43. The van der Waals surface area contributed by atoms with Crippen LogP contribution in [0.4, 0.5) is 37.7 Å². The normalized spacial score (nSPS) is 12.8. The molecule has 0 atom stereocenters. The number of alkyl halides is 6. The average Bonchev–Trinajstić information content (AvgIpc) is 2.44. The zero-order valence-electron chi connectivity index (χ0n) is 11.7. The van der Waals surface area contributed by atoms with Crippen LogP contribution >= 0.6 is 0 Å². The third kappa shape index (κ3) is 4.54. The van der Waals surface area contributed by atoms with Gasteiger partial charge in [0.05, 0.1) is 22.5 Å². The largest absolute Gasteiger partial charge is 0.416 e. The molecule has 0 saturated carbocycles. The molecule has 2 rings (SSSR count). The van der Waals surface area contributed by atoms with Gasteiger partial charge in [-0.3, -0.25) is 0 Å². The van der Waals surface area contributed by atoms with Crippen LogP contribution < -0.4 is 0 Å². The molecule has 8 heteroatoms. The Morgan fingerprint density at radius 2 is 1.09 bits per heavy atom. The van der Waals surface area contributed by atoms with Crippen LogP contribution in [0, 0.1) is 6.92 Å². The molecule has 0 N–H and O–H groups in total. The molecule has 0 spiro atoms. The molecular formula is C15H10F6N2. The van der Waals surface area contributed by atoms with Gasteiger partial charge in [-0.15, -0.1) is 0 Å². The maximum atomic E-state index is 12.7. The minimum Gasteiger partial charge on any atom is -0.166 e. The smallest absolute Gasteiger partial charge is 0.166 e. The second-order valence-corrected chi connectivity index (χ2v) is 4.80. The fourth-order valence-electron chi connectivity index (χ4n) is 1.72. The molecule has 23 heavy (non-hydrogen) atoms.